The third-order valence-corrected chi connectivity index (χ3v) is 4.46. The molecule has 3 aromatic rings. The molecule has 0 aliphatic heterocycles. The molecule has 2 aromatic carbocycles. The lowest BCUT2D eigenvalue weighted by atomic mass is 9.99. The van der Waals surface area contributed by atoms with Gasteiger partial charge >= 0.3 is 5.97 Å². The van der Waals surface area contributed by atoms with Crippen molar-refractivity contribution in [2.24, 2.45) is 7.05 Å². The standard InChI is InChI=1S/C21H20N2O4/c1-12-9-10-13(2)17(11-12)19(24)14(3)27-21(26)18-15-7-5-6-8-16(15)20(25)23(4)22-18/h5-11,14H,1-4H3/t14-/m1/s1. The number of esters is 1. The minimum Gasteiger partial charge on any atom is -0.449 e. The number of hydrogen-bond donors (Lipinski definition) is 0. The van der Waals surface area contributed by atoms with Crippen LogP contribution in [-0.2, 0) is 11.8 Å². The zero-order valence-corrected chi connectivity index (χ0v) is 15.6. The molecule has 0 spiro atoms. The van der Waals surface area contributed by atoms with E-state index in [2.05, 4.69) is 5.10 Å². The van der Waals surface area contributed by atoms with Gasteiger partial charge in [-0.15, -0.1) is 0 Å². The zero-order valence-electron chi connectivity index (χ0n) is 15.6. The smallest absolute Gasteiger partial charge is 0.360 e. The Morgan fingerprint density at radius 3 is 2.44 bits per heavy atom. The Bertz CT molecular complexity index is 1110. The van der Waals surface area contributed by atoms with Gasteiger partial charge in [0.05, 0.1) is 5.39 Å². The largest absolute Gasteiger partial charge is 0.449 e. The summed E-state index contributed by atoms with van der Waals surface area (Å²) in [5.41, 5.74) is 2.00. The van der Waals surface area contributed by atoms with Crippen molar-refractivity contribution in [3.63, 3.8) is 0 Å². The number of fused-ring (bicyclic) bond motifs is 1. The van der Waals surface area contributed by atoms with E-state index in [9.17, 15) is 14.4 Å². The summed E-state index contributed by atoms with van der Waals surface area (Å²) in [5, 5.41) is 4.81. The number of ether oxygens (including phenoxy) is 1. The third kappa shape index (κ3) is 3.51. The van der Waals surface area contributed by atoms with E-state index in [0.717, 1.165) is 15.8 Å². The maximum atomic E-state index is 12.7. The fourth-order valence-corrected chi connectivity index (χ4v) is 2.94. The lowest BCUT2D eigenvalue weighted by molar-refractivity contribution is 0.0313. The van der Waals surface area contributed by atoms with Crippen LogP contribution < -0.4 is 5.56 Å². The summed E-state index contributed by atoms with van der Waals surface area (Å²) in [6, 6.07) is 12.2. The number of aryl methyl sites for hydroxylation is 3. The summed E-state index contributed by atoms with van der Waals surface area (Å²) in [6.07, 6.45) is -0.976. The molecule has 0 aliphatic rings. The van der Waals surface area contributed by atoms with Gasteiger partial charge in [0.15, 0.2) is 11.8 Å². The Morgan fingerprint density at radius 2 is 1.74 bits per heavy atom. The summed E-state index contributed by atoms with van der Waals surface area (Å²) in [5.74, 6) is -1.02. The van der Waals surface area contributed by atoms with Crippen molar-refractivity contribution in [3.05, 3.63) is 75.2 Å². The highest BCUT2D eigenvalue weighted by Crippen LogP contribution is 2.17. The Morgan fingerprint density at radius 1 is 1.07 bits per heavy atom. The molecule has 0 radical (unpaired) electrons. The number of aromatic nitrogens is 2. The van der Waals surface area contributed by atoms with Gasteiger partial charge in [-0.3, -0.25) is 9.59 Å². The molecule has 27 heavy (non-hydrogen) atoms. The molecule has 0 N–H and O–H groups in total. The predicted molar refractivity (Wildman–Crippen MR) is 102 cm³/mol. The summed E-state index contributed by atoms with van der Waals surface area (Å²) in [4.78, 5) is 37.6. The molecule has 0 amide bonds. The van der Waals surface area contributed by atoms with Crippen LogP contribution in [-0.4, -0.2) is 27.6 Å². The molecule has 0 aliphatic carbocycles. The van der Waals surface area contributed by atoms with Gasteiger partial charge in [-0.2, -0.15) is 5.10 Å². The van der Waals surface area contributed by atoms with Gasteiger partial charge < -0.3 is 4.74 Å². The first-order chi connectivity index (χ1) is 12.8. The zero-order chi connectivity index (χ0) is 19.7. The first-order valence-corrected chi connectivity index (χ1v) is 8.58. The Balaban J connectivity index is 1.93. The quantitative estimate of drug-likeness (QED) is 0.525. The van der Waals surface area contributed by atoms with Crippen LogP contribution in [0, 0.1) is 13.8 Å². The maximum absolute atomic E-state index is 12.7. The number of nitrogens with zero attached hydrogens (tertiary/aromatic N) is 2. The molecule has 0 saturated carbocycles. The van der Waals surface area contributed by atoms with Gasteiger partial charge in [-0.05, 0) is 38.5 Å². The van der Waals surface area contributed by atoms with Crippen molar-refractivity contribution in [3.8, 4) is 0 Å². The fraction of sp³-hybridized carbons (Fsp3) is 0.238. The normalized spacial score (nSPS) is 12.0. The molecule has 0 fully saturated rings. The summed E-state index contributed by atoms with van der Waals surface area (Å²) < 4.78 is 6.48. The van der Waals surface area contributed by atoms with E-state index in [0.29, 0.717) is 16.3 Å². The van der Waals surface area contributed by atoms with Crippen LogP contribution in [0.4, 0.5) is 0 Å². The second-order valence-electron chi connectivity index (χ2n) is 6.55. The minimum absolute atomic E-state index is 0.00770. The molecule has 1 atom stereocenters. The molecule has 0 unspecified atom stereocenters. The molecular formula is C21H20N2O4. The molecule has 1 heterocycles. The fourth-order valence-electron chi connectivity index (χ4n) is 2.94. The van der Waals surface area contributed by atoms with Crippen molar-refractivity contribution in [2.45, 2.75) is 26.9 Å². The van der Waals surface area contributed by atoms with Gasteiger partial charge in [-0.25, -0.2) is 9.48 Å². The predicted octanol–water partition coefficient (Wildman–Crippen LogP) is 2.98. The molecule has 138 valence electrons. The molecular weight excluding hydrogens is 344 g/mol. The molecule has 3 rings (SSSR count). The SMILES string of the molecule is Cc1ccc(C)c(C(=O)[C@@H](C)OC(=O)c2nn(C)c(=O)c3ccccc23)c1. The van der Waals surface area contributed by atoms with E-state index in [1.165, 1.54) is 14.0 Å². The highest BCUT2D eigenvalue weighted by molar-refractivity contribution is 6.05. The second kappa shape index (κ2) is 7.15. The monoisotopic (exact) mass is 364 g/mol. The van der Waals surface area contributed by atoms with Gasteiger partial charge in [0.25, 0.3) is 5.56 Å². The number of benzene rings is 2. The lowest BCUT2D eigenvalue weighted by Crippen LogP contribution is -2.28. The summed E-state index contributed by atoms with van der Waals surface area (Å²) in [6.45, 7) is 5.27. The van der Waals surface area contributed by atoms with Crippen LogP contribution in [0.25, 0.3) is 10.8 Å². The van der Waals surface area contributed by atoms with Crippen LogP contribution in [0.5, 0.6) is 0 Å². The number of carbonyl (C=O) groups is 2. The van der Waals surface area contributed by atoms with E-state index >= 15 is 0 Å². The molecule has 0 saturated heterocycles. The van der Waals surface area contributed by atoms with Crippen LogP contribution >= 0.6 is 0 Å². The van der Waals surface area contributed by atoms with Crippen LogP contribution in [0.1, 0.15) is 38.9 Å². The van der Waals surface area contributed by atoms with Crippen molar-refractivity contribution >= 4 is 22.5 Å². The average Bonchev–Trinajstić information content (AvgIpc) is 2.65. The van der Waals surface area contributed by atoms with Crippen molar-refractivity contribution < 1.29 is 14.3 Å². The number of rotatable bonds is 4. The molecule has 0 bridgehead atoms. The van der Waals surface area contributed by atoms with Gasteiger partial charge in [0.1, 0.15) is 0 Å². The van der Waals surface area contributed by atoms with Crippen LogP contribution in [0.15, 0.2) is 47.3 Å². The highest BCUT2D eigenvalue weighted by Gasteiger charge is 2.24. The van der Waals surface area contributed by atoms with E-state index in [1.807, 2.05) is 26.0 Å². The molecule has 6 nitrogen and oxygen atoms in total. The van der Waals surface area contributed by atoms with Crippen LogP contribution in [0.2, 0.25) is 0 Å². The third-order valence-electron chi connectivity index (χ3n) is 4.46. The van der Waals surface area contributed by atoms with Gasteiger partial charge in [-0.1, -0.05) is 35.9 Å². The van der Waals surface area contributed by atoms with E-state index in [-0.39, 0.29) is 17.0 Å². The lowest BCUT2D eigenvalue weighted by Gasteiger charge is -2.15. The van der Waals surface area contributed by atoms with Crippen molar-refractivity contribution in [2.75, 3.05) is 0 Å². The Hall–Kier alpha value is -3.28. The average molecular weight is 364 g/mol. The molecule has 1 aromatic heterocycles. The molecule has 6 heteroatoms. The highest BCUT2D eigenvalue weighted by atomic mass is 16.5. The van der Waals surface area contributed by atoms with Gasteiger partial charge in [0.2, 0.25) is 5.78 Å². The van der Waals surface area contributed by atoms with Crippen molar-refractivity contribution in [1.29, 1.82) is 0 Å². The van der Waals surface area contributed by atoms with Crippen LogP contribution in [0.3, 0.4) is 0 Å². The maximum Gasteiger partial charge on any atom is 0.360 e. The number of carbonyl (C=O) groups excluding carboxylic acids is 2. The summed E-state index contributed by atoms with van der Waals surface area (Å²) >= 11 is 0. The Kier molecular flexibility index (Phi) is 4.90. The number of ketones is 1. The minimum atomic E-state index is -0.976. The van der Waals surface area contributed by atoms with Gasteiger partial charge in [0, 0.05) is 18.0 Å². The topological polar surface area (TPSA) is 78.3 Å². The first kappa shape index (κ1) is 18.5. The second-order valence-corrected chi connectivity index (χ2v) is 6.55. The van der Waals surface area contributed by atoms with E-state index in [1.54, 1.807) is 30.3 Å². The van der Waals surface area contributed by atoms with Crippen molar-refractivity contribution in [1.82, 2.24) is 9.78 Å². The van der Waals surface area contributed by atoms with E-state index in [4.69, 9.17) is 4.74 Å². The number of hydrogen-bond acceptors (Lipinski definition) is 5. The summed E-state index contributed by atoms with van der Waals surface area (Å²) in [7, 11) is 1.47. The first-order valence-electron chi connectivity index (χ1n) is 8.58. The van der Waals surface area contributed by atoms with E-state index < -0.39 is 12.1 Å². The Labute approximate surface area is 156 Å². The number of Topliss-reactive ketones (excluding diaryl/α,β-unsaturated/α-hetero) is 1.